The van der Waals surface area contributed by atoms with Crippen molar-refractivity contribution in [2.24, 2.45) is 5.92 Å². The molecule has 0 unspecified atom stereocenters. The van der Waals surface area contributed by atoms with Crippen LogP contribution in [0.15, 0.2) is 18.2 Å². The van der Waals surface area contributed by atoms with Gasteiger partial charge in [-0.2, -0.15) is 0 Å². The van der Waals surface area contributed by atoms with Crippen LogP contribution >= 0.6 is 0 Å². The Bertz CT molecular complexity index is 428. The van der Waals surface area contributed by atoms with Gasteiger partial charge in [-0.05, 0) is 13.0 Å². The second-order valence-corrected chi connectivity index (χ2v) is 4.36. The second kappa shape index (κ2) is 2.99. The van der Waals surface area contributed by atoms with Gasteiger partial charge in [-0.15, -0.1) is 0 Å². The first-order chi connectivity index (χ1) is 7.24. The number of aryl methyl sites for hydroxylation is 1. The van der Waals surface area contributed by atoms with Crippen molar-refractivity contribution >= 4 is 5.91 Å². The standard InChI is InChI=1S/C12H13NO2/c1-7-2-3-10-9(4-7)12-8(6-15-10)5-11(14)13-12/h2-4,8,12H,5-6H2,1H3,(H,13,14)/t8-,12+/m1/s1. The molecule has 1 N–H and O–H groups in total. The Morgan fingerprint density at radius 2 is 2.33 bits per heavy atom. The SMILES string of the molecule is Cc1ccc2c(c1)[C@H]1NC(=O)C[C@@H]1CO2. The number of fused-ring (bicyclic) bond motifs is 3. The van der Waals surface area contributed by atoms with Crippen molar-refractivity contribution in [3.8, 4) is 5.75 Å². The first kappa shape index (κ1) is 8.77. The van der Waals surface area contributed by atoms with Gasteiger partial charge in [0.25, 0.3) is 0 Å². The third kappa shape index (κ3) is 1.30. The molecule has 0 aliphatic carbocycles. The molecule has 0 saturated carbocycles. The fourth-order valence-corrected chi connectivity index (χ4v) is 2.43. The maximum Gasteiger partial charge on any atom is 0.220 e. The molecule has 3 heteroatoms. The minimum Gasteiger partial charge on any atom is -0.493 e. The molecule has 0 bridgehead atoms. The van der Waals surface area contributed by atoms with E-state index < -0.39 is 0 Å². The zero-order chi connectivity index (χ0) is 10.4. The molecule has 1 saturated heterocycles. The molecule has 0 spiro atoms. The van der Waals surface area contributed by atoms with E-state index in [-0.39, 0.29) is 11.9 Å². The molecule has 1 aromatic rings. The van der Waals surface area contributed by atoms with Gasteiger partial charge >= 0.3 is 0 Å². The van der Waals surface area contributed by atoms with Crippen LogP contribution in [0.2, 0.25) is 0 Å². The molecular weight excluding hydrogens is 190 g/mol. The molecule has 1 amide bonds. The Kier molecular flexibility index (Phi) is 1.75. The van der Waals surface area contributed by atoms with Crippen LogP contribution in [0.3, 0.4) is 0 Å². The Morgan fingerprint density at radius 1 is 1.47 bits per heavy atom. The highest BCUT2D eigenvalue weighted by Crippen LogP contribution is 2.40. The lowest BCUT2D eigenvalue weighted by molar-refractivity contribution is -0.119. The summed E-state index contributed by atoms with van der Waals surface area (Å²) < 4.78 is 5.65. The van der Waals surface area contributed by atoms with Gasteiger partial charge in [0, 0.05) is 17.9 Å². The molecule has 2 heterocycles. The zero-order valence-corrected chi connectivity index (χ0v) is 8.62. The molecule has 3 rings (SSSR count). The van der Waals surface area contributed by atoms with Crippen molar-refractivity contribution < 1.29 is 9.53 Å². The number of carbonyl (C=O) groups is 1. The number of carbonyl (C=O) groups excluding carboxylic acids is 1. The fraction of sp³-hybridized carbons (Fsp3) is 0.417. The Balaban J connectivity index is 2.06. The van der Waals surface area contributed by atoms with Crippen LogP contribution in [0.5, 0.6) is 5.75 Å². The van der Waals surface area contributed by atoms with Gasteiger partial charge in [0.05, 0.1) is 12.6 Å². The molecule has 15 heavy (non-hydrogen) atoms. The third-order valence-electron chi connectivity index (χ3n) is 3.19. The van der Waals surface area contributed by atoms with E-state index in [4.69, 9.17) is 4.74 Å². The van der Waals surface area contributed by atoms with Crippen molar-refractivity contribution in [3.63, 3.8) is 0 Å². The molecule has 0 radical (unpaired) electrons. The number of nitrogens with one attached hydrogen (secondary N) is 1. The van der Waals surface area contributed by atoms with Crippen molar-refractivity contribution in [1.29, 1.82) is 0 Å². The van der Waals surface area contributed by atoms with Crippen molar-refractivity contribution in [3.05, 3.63) is 29.3 Å². The highest BCUT2D eigenvalue weighted by Gasteiger charge is 2.38. The van der Waals surface area contributed by atoms with Crippen molar-refractivity contribution in [2.75, 3.05) is 6.61 Å². The topological polar surface area (TPSA) is 38.3 Å². The highest BCUT2D eigenvalue weighted by atomic mass is 16.5. The van der Waals surface area contributed by atoms with Gasteiger partial charge in [-0.25, -0.2) is 0 Å². The van der Waals surface area contributed by atoms with E-state index >= 15 is 0 Å². The summed E-state index contributed by atoms with van der Waals surface area (Å²) in [5, 5.41) is 3.02. The lowest BCUT2D eigenvalue weighted by atomic mass is 9.91. The highest BCUT2D eigenvalue weighted by molar-refractivity contribution is 5.79. The molecule has 3 nitrogen and oxygen atoms in total. The van der Waals surface area contributed by atoms with Crippen LogP contribution in [-0.2, 0) is 4.79 Å². The Labute approximate surface area is 88.4 Å². The van der Waals surface area contributed by atoms with Crippen LogP contribution in [0.4, 0.5) is 0 Å². The summed E-state index contributed by atoms with van der Waals surface area (Å²) in [6.07, 6.45) is 0.595. The van der Waals surface area contributed by atoms with E-state index in [1.807, 2.05) is 12.1 Å². The summed E-state index contributed by atoms with van der Waals surface area (Å²) >= 11 is 0. The number of amides is 1. The summed E-state index contributed by atoms with van der Waals surface area (Å²) in [5.74, 6) is 1.37. The number of benzene rings is 1. The lowest BCUT2D eigenvalue weighted by Gasteiger charge is -2.28. The number of hydrogen-bond donors (Lipinski definition) is 1. The smallest absolute Gasteiger partial charge is 0.220 e. The van der Waals surface area contributed by atoms with Crippen LogP contribution in [0, 0.1) is 12.8 Å². The van der Waals surface area contributed by atoms with Crippen LogP contribution in [-0.4, -0.2) is 12.5 Å². The summed E-state index contributed by atoms with van der Waals surface area (Å²) in [4.78, 5) is 11.3. The summed E-state index contributed by atoms with van der Waals surface area (Å²) in [6.45, 7) is 2.71. The molecule has 2 atom stereocenters. The largest absolute Gasteiger partial charge is 0.493 e. The predicted octanol–water partition coefficient (Wildman–Crippen LogP) is 1.56. The van der Waals surface area contributed by atoms with E-state index in [0.717, 1.165) is 11.3 Å². The fourth-order valence-electron chi connectivity index (χ4n) is 2.43. The van der Waals surface area contributed by atoms with Gasteiger partial charge in [-0.3, -0.25) is 4.79 Å². The van der Waals surface area contributed by atoms with Crippen LogP contribution < -0.4 is 10.1 Å². The van der Waals surface area contributed by atoms with E-state index in [0.29, 0.717) is 18.9 Å². The zero-order valence-electron chi connectivity index (χ0n) is 8.62. The van der Waals surface area contributed by atoms with Crippen molar-refractivity contribution in [2.45, 2.75) is 19.4 Å². The predicted molar refractivity (Wildman–Crippen MR) is 55.7 cm³/mol. The van der Waals surface area contributed by atoms with E-state index in [1.54, 1.807) is 0 Å². The molecule has 78 valence electrons. The first-order valence-electron chi connectivity index (χ1n) is 5.27. The van der Waals surface area contributed by atoms with E-state index in [9.17, 15) is 4.79 Å². The average Bonchev–Trinajstić information content (AvgIpc) is 2.58. The minimum atomic E-state index is 0.142. The second-order valence-electron chi connectivity index (χ2n) is 4.36. The molecule has 1 aromatic carbocycles. The van der Waals surface area contributed by atoms with Crippen molar-refractivity contribution in [1.82, 2.24) is 5.32 Å². The van der Waals surface area contributed by atoms with Gasteiger partial charge < -0.3 is 10.1 Å². The van der Waals surface area contributed by atoms with Gasteiger partial charge in [0.15, 0.2) is 0 Å². The number of ether oxygens (including phenoxy) is 1. The summed E-state index contributed by atoms with van der Waals surface area (Å²) in [5.41, 5.74) is 2.34. The van der Waals surface area contributed by atoms with E-state index in [2.05, 4.69) is 18.3 Å². The lowest BCUT2D eigenvalue weighted by Crippen LogP contribution is -2.28. The Hall–Kier alpha value is -1.51. The quantitative estimate of drug-likeness (QED) is 0.695. The summed E-state index contributed by atoms with van der Waals surface area (Å²) in [6, 6.07) is 6.31. The summed E-state index contributed by atoms with van der Waals surface area (Å²) in [7, 11) is 0. The molecule has 0 aromatic heterocycles. The first-order valence-corrected chi connectivity index (χ1v) is 5.27. The molecular formula is C12H13NO2. The minimum absolute atomic E-state index is 0.142. The normalized spacial score (nSPS) is 27.7. The monoisotopic (exact) mass is 203 g/mol. The van der Waals surface area contributed by atoms with E-state index in [1.165, 1.54) is 5.56 Å². The maximum absolute atomic E-state index is 11.3. The Morgan fingerprint density at radius 3 is 3.20 bits per heavy atom. The average molecular weight is 203 g/mol. The molecule has 2 aliphatic rings. The van der Waals surface area contributed by atoms with Gasteiger partial charge in [0.1, 0.15) is 5.75 Å². The van der Waals surface area contributed by atoms with Crippen LogP contribution in [0.1, 0.15) is 23.6 Å². The van der Waals surface area contributed by atoms with Gasteiger partial charge in [0.2, 0.25) is 5.91 Å². The van der Waals surface area contributed by atoms with Gasteiger partial charge in [-0.1, -0.05) is 17.7 Å². The van der Waals surface area contributed by atoms with Crippen LogP contribution in [0.25, 0.3) is 0 Å². The molecule has 1 fully saturated rings. The maximum atomic E-state index is 11.3. The third-order valence-corrected chi connectivity index (χ3v) is 3.19. The number of rotatable bonds is 0. The molecule has 2 aliphatic heterocycles. The number of hydrogen-bond acceptors (Lipinski definition) is 2.